The van der Waals surface area contributed by atoms with E-state index in [9.17, 15) is 4.79 Å². The molecule has 0 fully saturated rings. The zero-order valence-corrected chi connectivity index (χ0v) is 20.0. The summed E-state index contributed by atoms with van der Waals surface area (Å²) in [5, 5.41) is 0. The molecule has 2 atom stereocenters. The Balaban J connectivity index is 1.40. The van der Waals surface area contributed by atoms with Crippen molar-refractivity contribution < 1.29 is 23.7 Å². The van der Waals surface area contributed by atoms with Crippen molar-refractivity contribution in [3.8, 4) is 28.5 Å². The Labute approximate surface area is 199 Å². The second-order valence-electron chi connectivity index (χ2n) is 8.95. The van der Waals surface area contributed by atoms with Crippen molar-refractivity contribution in [1.29, 1.82) is 0 Å². The monoisotopic (exact) mass is 459 g/mol. The van der Waals surface area contributed by atoms with Gasteiger partial charge >= 0.3 is 5.97 Å². The third-order valence-electron chi connectivity index (χ3n) is 6.85. The number of fused-ring (bicyclic) bond motifs is 2. The van der Waals surface area contributed by atoms with Crippen LogP contribution in [0.4, 0.5) is 0 Å². The number of methoxy groups -OCH3 is 2. The van der Waals surface area contributed by atoms with E-state index in [1.165, 1.54) is 29.4 Å². The van der Waals surface area contributed by atoms with Gasteiger partial charge in [-0.15, -0.1) is 0 Å². The molecule has 6 nitrogen and oxygen atoms in total. The van der Waals surface area contributed by atoms with Gasteiger partial charge in [0.05, 0.1) is 27.2 Å². The first kappa shape index (κ1) is 22.3. The van der Waals surface area contributed by atoms with Crippen molar-refractivity contribution in [3.63, 3.8) is 0 Å². The van der Waals surface area contributed by atoms with E-state index >= 15 is 0 Å². The van der Waals surface area contributed by atoms with Gasteiger partial charge in [0.2, 0.25) is 5.88 Å². The van der Waals surface area contributed by atoms with E-state index in [1.807, 2.05) is 31.2 Å². The Morgan fingerprint density at radius 2 is 1.97 bits per heavy atom. The van der Waals surface area contributed by atoms with Crippen LogP contribution in [0.5, 0.6) is 17.4 Å². The highest BCUT2D eigenvalue weighted by atomic mass is 16.5. The van der Waals surface area contributed by atoms with Crippen LogP contribution in [0.1, 0.15) is 52.8 Å². The zero-order valence-electron chi connectivity index (χ0n) is 20.0. The van der Waals surface area contributed by atoms with Crippen molar-refractivity contribution in [3.05, 3.63) is 70.4 Å². The largest absolute Gasteiger partial charge is 0.492 e. The number of rotatable bonds is 6. The van der Waals surface area contributed by atoms with Gasteiger partial charge in [-0.3, -0.25) is 4.79 Å². The highest BCUT2D eigenvalue weighted by molar-refractivity contribution is 5.75. The molecule has 1 aliphatic carbocycles. The fourth-order valence-electron chi connectivity index (χ4n) is 5.23. The van der Waals surface area contributed by atoms with Crippen molar-refractivity contribution >= 4 is 5.97 Å². The molecule has 34 heavy (non-hydrogen) atoms. The quantitative estimate of drug-likeness (QED) is 0.455. The minimum Gasteiger partial charge on any atom is -0.492 e. The number of hydrogen-bond donors (Lipinski definition) is 0. The van der Waals surface area contributed by atoms with Crippen molar-refractivity contribution in [2.24, 2.45) is 0 Å². The lowest BCUT2D eigenvalue weighted by Crippen LogP contribution is -2.09. The van der Waals surface area contributed by atoms with Gasteiger partial charge < -0.3 is 18.9 Å². The lowest BCUT2D eigenvalue weighted by molar-refractivity contribution is -0.141. The van der Waals surface area contributed by atoms with Crippen LogP contribution in [-0.2, 0) is 16.0 Å². The summed E-state index contributed by atoms with van der Waals surface area (Å²) in [7, 11) is 3.06. The molecule has 1 aromatic heterocycles. The van der Waals surface area contributed by atoms with Crippen LogP contribution in [0.2, 0.25) is 0 Å². The molecule has 5 rings (SSSR count). The van der Waals surface area contributed by atoms with E-state index in [0.29, 0.717) is 18.9 Å². The molecule has 0 N–H and O–H groups in total. The maximum Gasteiger partial charge on any atom is 0.306 e. The number of esters is 1. The number of aryl methyl sites for hydroxylation is 2. The van der Waals surface area contributed by atoms with Crippen molar-refractivity contribution in [2.75, 3.05) is 20.8 Å². The third-order valence-corrected chi connectivity index (χ3v) is 6.85. The molecule has 0 unspecified atom stereocenters. The molecule has 0 spiro atoms. The van der Waals surface area contributed by atoms with Gasteiger partial charge in [0, 0.05) is 34.9 Å². The van der Waals surface area contributed by atoms with Gasteiger partial charge in [0.1, 0.15) is 17.6 Å². The normalized spacial score (nSPS) is 18.1. The molecule has 0 amide bonds. The Bertz CT molecular complexity index is 1230. The Morgan fingerprint density at radius 1 is 1.12 bits per heavy atom. The number of ether oxygens (including phenoxy) is 4. The summed E-state index contributed by atoms with van der Waals surface area (Å²) in [6.07, 6.45) is 2.16. The fourth-order valence-corrected chi connectivity index (χ4v) is 5.23. The average Bonchev–Trinajstić information content (AvgIpc) is 3.43. The number of pyridine rings is 1. The average molecular weight is 460 g/mol. The summed E-state index contributed by atoms with van der Waals surface area (Å²) in [5.41, 5.74) is 8.08. The summed E-state index contributed by atoms with van der Waals surface area (Å²) in [4.78, 5) is 16.3. The molecule has 2 heterocycles. The molecular weight excluding hydrogens is 430 g/mol. The van der Waals surface area contributed by atoms with Gasteiger partial charge in [-0.1, -0.05) is 24.3 Å². The van der Waals surface area contributed by atoms with E-state index in [2.05, 4.69) is 30.1 Å². The fraction of sp³-hybridized carbons (Fsp3) is 0.357. The first-order chi connectivity index (χ1) is 16.5. The molecule has 2 aliphatic rings. The van der Waals surface area contributed by atoms with E-state index in [0.717, 1.165) is 41.2 Å². The molecule has 0 radical (unpaired) electrons. The first-order valence-electron chi connectivity index (χ1n) is 11.6. The number of carbonyl (C=O) groups is 1. The van der Waals surface area contributed by atoms with Crippen molar-refractivity contribution in [2.45, 2.75) is 45.1 Å². The number of benzene rings is 2. The summed E-state index contributed by atoms with van der Waals surface area (Å²) < 4.78 is 22.4. The summed E-state index contributed by atoms with van der Waals surface area (Å²) in [6, 6.07) is 14.3. The Morgan fingerprint density at radius 3 is 2.74 bits per heavy atom. The summed E-state index contributed by atoms with van der Waals surface area (Å²) in [5.74, 6) is 2.00. The minimum atomic E-state index is -0.224. The van der Waals surface area contributed by atoms with Crippen LogP contribution in [0, 0.1) is 13.8 Å². The number of hydrogen-bond acceptors (Lipinski definition) is 6. The lowest BCUT2D eigenvalue weighted by Gasteiger charge is -2.18. The van der Waals surface area contributed by atoms with Crippen LogP contribution >= 0.6 is 0 Å². The standard InChI is InChI=1S/C28H29NO5/c1-16-12-26(31-3)29-17(2)28(16)23-7-5-6-22-21(23)10-11-24(22)34-19-8-9-20-18(13-27(30)32-4)15-33-25(20)14-19/h5-9,12,14,18,24H,10-11,13,15H2,1-4H3/t18-,24-/m1/s1. The predicted molar refractivity (Wildman–Crippen MR) is 129 cm³/mol. The van der Waals surface area contributed by atoms with Gasteiger partial charge in [-0.2, -0.15) is 0 Å². The van der Waals surface area contributed by atoms with Crippen LogP contribution in [0.15, 0.2) is 42.5 Å². The molecule has 0 saturated heterocycles. The highest BCUT2D eigenvalue weighted by Crippen LogP contribution is 2.44. The summed E-state index contributed by atoms with van der Waals surface area (Å²) >= 11 is 0. The number of aromatic nitrogens is 1. The summed E-state index contributed by atoms with van der Waals surface area (Å²) in [6.45, 7) is 4.62. The Hall–Kier alpha value is -3.54. The topological polar surface area (TPSA) is 66.9 Å². The van der Waals surface area contributed by atoms with Crippen LogP contribution in [-0.4, -0.2) is 31.8 Å². The van der Waals surface area contributed by atoms with Crippen molar-refractivity contribution in [1.82, 2.24) is 4.98 Å². The predicted octanol–water partition coefficient (Wildman–Crippen LogP) is 5.48. The molecule has 6 heteroatoms. The van der Waals surface area contributed by atoms with Crippen LogP contribution < -0.4 is 14.2 Å². The lowest BCUT2D eigenvalue weighted by atomic mass is 9.93. The van der Waals surface area contributed by atoms with E-state index < -0.39 is 0 Å². The molecule has 0 bridgehead atoms. The SMILES string of the molecule is COC(=O)C[C@@H]1COc2cc(O[C@@H]3CCc4c(-c5c(C)cc(OC)nc5C)cccc43)ccc21. The molecule has 3 aromatic rings. The number of carbonyl (C=O) groups excluding carboxylic acids is 1. The maximum absolute atomic E-state index is 11.7. The van der Waals surface area contributed by atoms with Gasteiger partial charge in [0.15, 0.2) is 0 Å². The minimum absolute atomic E-state index is 0.0212. The van der Waals surface area contributed by atoms with Gasteiger partial charge in [0.25, 0.3) is 0 Å². The smallest absolute Gasteiger partial charge is 0.306 e. The molecule has 2 aromatic carbocycles. The molecule has 1 aliphatic heterocycles. The molecular formula is C28H29NO5. The number of nitrogens with zero attached hydrogens (tertiary/aromatic N) is 1. The van der Waals surface area contributed by atoms with E-state index in [1.54, 1.807) is 7.11 Å². The zero-order chi connectivity index (χ0) is 23.8. The maximum atomic E-state index is 11.7. The van der Waals surface area contributed by atoms with Crippen LogP contribution in [0.3, 0.4) is 0 Å². The van der Waals surface area contributed by atoms with E-state index in [4.69, 9.17) is 18.9 Å². The highest BCUT2D eigenvalue weighted by Gasteiger charge is 2.30. The molecule has 176 valence electrons. The Kier molecular flexibility index (Phi) is 5.90. The third kappa shape index (κ3) is 3.98. The van der Waals surface area contributed by atoms with E-state index in [-0.39, 0.29) is 18.0 Å². The van der Waals surface area contributed by atoms with Gasteiger partial charge in [-0.05, 0) is 55.0 Å². The molecule has 0 saturated carbocycles. The van der Waals surface area contributed by atoms with Gasteiger partial charge in [-0.25, -0.2) is 4.98 Å². The second-order valence-corrected chi connectivity index (χ2v) is 8.95. The second kappa shape index (κ2) is 9.01. The van der Waals surface area contributed by atoms with Crippen LogP contribution in [0.25, 0.3) is 11.1 Å². The first-order valence-corrected chi connectivity index (χ1v) is 11.6.